The number of carbonyl (C=O) groups excluding carboxylic acids is 1. The zero-order valence-corrected chi connectivity index (χ0v) is 11.7. The molecule has 1 rings (SSSR count). The van der Waals surface area contributed by atoms with Gasteiger partial charge in [-0.3, -0.25) is 4.79 Å². The van der Waals surface area contributed by atoms with Crippen LogP contribution in [0.25, 0.3) is 0 Å². The summed E-state index contributed by atoms with van der Waals surface area (Å²) in [6.07, 6.45) is 0.186. The van der Waals surface area contributed by atoms with E-state index in [-0.39, 0.29) is 11.8 Å². The van der Waals surface area contributed by atoms with Crippen LogP contribution in [0.15, 0.2) is 4.52 Å². The molecule has 0 saturated heterocycles. The zero-order chi connectivity index (χ0) is 13.9. The fraction of sp³-hybridized carbons (Fsp3) is 0.692. The Bertz CT molecular complexity index is 393. The molecule has 0 bridgehead atoms. The van der Waals surface area contributed by atoms with E-state index < -0.39 is 6.10 Å². The van der Waals surface area contributed by atoms with Gasteiger partial charge in [0.2, 0.25) is 5.91 Å². The number of aromatic nitrogens is 1. The molecule has 0 saturated carbocycles. The fourth-order valence-electron chi connectivity index (χ4n) is 2.05. The van der Waals surface area contributed by atoms with Crippen LogP contribution < -0.4 is 0 Å². The molecule has 0 radical (unpaired) electrons. The van der Waals surface area contributed by atoms with Gasteiger partial charge in [0.1, 0.15) is 5.76 Å². The molecule has 0 aliphatic rings. The van der Waals surface area contributed by atoms with Crippen LogP contribution in [0.3, 0.4) is 0 Å². The molecule has 0 fully saturated rings. The number of hydrogen-bond donors (Lipinski definition) is 1. The van der Waals surface area contributed by atoms with Crippen molar-refractivity contribution in [2.45, 2.75) is 46.1 Å². The summed E-state index contributed by atoms with van der Waals surface area (Å²) in [5.41, 5.74) is 1.63. The lowest BCUT2D eigenvalue weighted by atomic mass is 9.98. The van der Waals surface area contributed by atoms with E-state index in [9.17, 15) is 9.90 Å². The van der Waals surface area contributed by atoms with Crippen molar-refractivity contribution in [1.82, 2.24) is 10.1 Å². The maximum absolute atomic E-state index is 12.2. The molecular formula is C13H22N2O3. The predicted molar refractivity (Wildman–Crippen MR) is 68.3 cm³/mol. The van der Waals surface area contributed by atoms with Crippen LogP contribution in [-0.4, -0.2) is 40.8 Å². The van der Waals surface area contributed by atoms with Crippen molar-refractivity contribution in [3.8, 4) is 0 Å². The topological polar surface area (TPSA) is 66.6 Å². The molecule has 5 heteroatoms. The van der Waals surface area contributed by atoms with Gasteiger partial charge in [0.05, 0.1) is 17.7 Å². The Kier molecular flexibility index (Phi) is 4.90. The molecule has 1 amide bonds. The lowest BCUT2D eigenvalue weighted by molar-refractivity contribution is -0.131. The van der Waals surface area contributed by atoms with Gasteiger partial charge in [0.25, 0.3) is 0 Å². The third-order valence-corrected chi connectivity index (χ3v) is 3.15. The van der Waals surface area contributed by atoms with E-state index in [0.29, 0.717) is 18.7 Å². The van der Waals surface area contributed by atoms with Gasteiger partial charge in [-0.2, -0.15) is 0 Å². The normalized spacial score (nSPS) is 14.3. The highest BCUT2D eigenvalue weighted by Gasteiger charge is 2.25. The van der Waals surface area contributed by atoms with Gasteiger partial charge in [0.15, 0.2) is 0 Å². The van der Waals surface area contributed by atoms with Crippen LogP contribution in [0.5, 0.6) is 0 Å². The molecule has 1 aromatic rings. The van der Waals surface area contributed by atoms with E-state index in [2.05, 4.69) is 5.16 Å². The monoisotopic (exact) mass is 254 g/mol. The predicted octanol–water partition coefficient (Wildman–Crippen LogP) is 1.62. The summed E-state index contributed by atoms with van der Waals surface area (Å²) >= 11 is 0. The molecule has 1 aromatic heterocycles. The molecule has 18 heavy (non-hydrogen) atoms. The second-order valence-electron chi connectivity index (χ2n) is 4.86. The Balaban J connectivity index is 2.72. The van der Waals surface area contributed by atoms with Gasteiger partial charge in [-0.15, -0.1) is 0 Å². The van der Waals surface area contributed by atoms with Crippen molar-refractivity contribution in [3.05, 3.63) is 17.0 Å². The van der Waals surface area contributed by atoms with E-state index in [0.717, 1.165) is 11.3 Å². The summed E-state index contributed by atoms with van der Waals surface area (Å²) in [6, 6.07) is 0. The minimum absolute atomic E-state index is 0.0186. The second kappa shape index (κ2) is 6.00. The van der Waals surface area contributed by atoms with Crippen LogP contribution in [0.4, 0.5) is 0 Å². The second-order valence-corrected chi connectivity index (χ2v) is 4.86. The van der Waals surface area contributed by atoms with E-state index >= 15 is 0 Å². The van der Waals surface area contributed by atoms with Crippen LogP contribution in [0, 0.1) is 13.8 Å². The van der Waals surface area contributed by atoms with Crippen molar-refractivity contribution < 1.29 is 14.4 Å². The van der Waals surface area contributed by atoms with E-state index in [4.69, 9.17) is 4.52 Å². The first kappa shape index (κ1) is 14.7. The molecule has 0 aliphatic heterocycles. The minimum atomic E-state index is -0.394. The molecule has 5 nitrogen and oxygen atoms in total. The smallest absolute Gasteiger partial charge is 0.229 e. The van der Waals surface area contributed by atoms with Crippen LogP contribution in [-0.2, 0) is 4.79 Å². The Morgan fingerprint density at radius 3 is 2.50 bits per heavy atom. The highest BCUT2D eigenvalue weighted by atomic mass is 16.5. The molecule has 0 spiro atoms. The van der Waals surface area contributed by atoms with Gasteiger partial charge in [-0.1, -0.05) is 5.16 Å². The van der Waals surface area contributed by atoms with Crippen molar-refractivity contribution in [1.29, 1.82) is 0 Å². The molecule has 2 unspecified atom stereocenters. The average molecular weight is 254 g/mol. The quantitative estimate of drug-likeness (QED) is 0.867. The number of aryl methyl sites for hydroxylation is 2. The summed E-state index contributed by atoms with van der Waals surface area (Å²) in [6.45, 7) is 7.77. The van der Waals surface area contributed by atoms with E-state index in [1.807, 2.05) is 20.8 Å². The van der Waals surface area contributed by atoms with E-state index in [1.165, 1.54) is 0 Å². The van der Waals surface area contributed by atoms with Crippen molar-refractivity contribution in [2.75, 3.05) is 13.6 Å². The molecule has 0 aliphatic carbocycles. The molecular weight excluding hydrogens is 232 g/mol. The largest absolute Gasteiger partial charge is 0.393 e. The van der Waals surface area contributed by atoms with E-state index in [1.54, 1.807) is 18.9 Å². The lowest BCUT2D eigenvalue weighted by Gasteiger charge is -2.22. The first-order chi connectivity index (χ1) is 8.34. The number of nitrogens with zero attached hydrogens (tertiary/aromatic N) is 2. The SMILES string of the molecule is Cc1noc(C)c1C(C)C(=O)N(C)CCC(C)O. The van der Waals surface area contributed by atoms with Gasteiger partial charge in [-0.05, 0) is 34.1 Å². The highest BCUT2D eigenvalue weighted by molar-refractivity contribution is 5.83. The standard InChI is InChI=1S/C13H22N2O3/c1-8(16)6-7-15(5)13(17)9(2)12-10(3)14-18-11(12)4/h8-9,16H,6-7H2,1-5H3. The zero-order valence-electron chi connectivity index (χ0n) is 11.7. The average Bonchev–Trinajstić information content (AvgIpc) is 2.64. The fourth-order valence-corrected chi connectivity index (χ4v) is 2.05. The van der Waals surface area contributed by atoms with Gasteiger partial charge >= 0.3 is 0 Å². The minimum Gasteiger partial charge on any atom is -0.393 e. The van der Waals surface area contributed by atoms with Crippen LogP contribution in [0.2, 0.25) is 0 Å². The summed E-state index contributed by atoms with van der Waals surface area (Å²) in [7, 11) is 1.75. The van der Waals surface area contributed by atoms with Crippen LogP contribution in [0.1, 0.15) is 43.2 Å². The Labute approximate surface area is 108 Å². The van der Waals surface area contributed by atoms with Gasteiger partial charge < -0.3 is 14.5 Å². The Hall–Kier alpha value is -1.36. The number of likely N-dealkylation sites (N-methyl/N-ethyl adjacent to an activating group) is 1. The van der Waals surface area contributed by atoms with Crippen molar-refractivity contribution in [2.24, 2.45) is 0 Å². The van der Waals surface area contributed by atoms with Crippen molar-refractivity contribution in [3.63, 3.8) is 0 Å². The maximum Gasteiger partial charge on any atom is 0.229 e. The summed E-state index contributed by atoms with van der Waals surface area (Å²) in [4.78, 5) is 13.9. The Morgan fingerprint density at radius 1 is 1.44 bits per heavy atom. The summed E-state index contributed by atoms with van der Waals surface area (Å²) < 4.78 is 5.08. The number of aliphatic hydroxyl groups is 1. The van der Waals surface area contributed by atoms with Gasteiger partial charge in [0, 0.05) is 19.2 Å². The third-order valence-electron chi connectivity index (χ3n) is 3.15. The first-order valence-electron chi connectivity index (χ1n) is 6.20. The molecule has 1 N–H and O–H groups in total. The molecule has 2 atom stereocenters. The number of rotatable bonds is 5. The lowest BCUT2D eigenvalue weighted by Crippen LogP contribution is -2.33. The molecule has 0 aromatic carbocycles. The van der Waals surface area contributed by atoms with Crippen molar-refractivity contribution >= 4 is 5.91 Å². The highest BCUT2D eigenvalue weighted by Crippen LogP contribution is 2.24. The summed E-state index contributed by atoms with van der Waals surface area (Å²) in [5, 5.41) is 13.1. The number of carbonyl (C=O) groups is 1. The number of amides is 1. The Morgan fingerprint density at radius 2 is 2.06 bits per heavy atom. The number of hydrogen-bond acceptors (Lipinski definition) is 4. The van der Waals surface area contributed by atoms with Gasteiger partial charge in [-0.25, -0.2) is 0 Å². The summed E-state index contributed by atoms with van der Waals surface area (Å²) in [5.74, 6) is 0.442. The third kappa shape index (κ3) is 3.32. The number of aliphatic hydroxyl groups excluding tert-OH is 1. The first-order valence-corrected chi connectivity index (χ1v) is 6.20. The molecule has 1 heterocycles. The maximum atomic E-state index is 12.2. The van der Waals surface area contributed by atoms with Crippen LogP contribution >= 0.6 is 0 Å². The molecule has 102 valence electrons.